The van der Waals surface area contributed by atoms with Gasteiger partial charge in [-0.1, -0.05) is 30.3 Å². The quantitative estimate of drug-likeness (QED) is 0.804. The fourth-order valence-corrected chi connectivity index (χ4v) is 5.04. The third-order valence-electron chi connectivity index (χ3n) is 6.54. The first-order valence-electron chi connectivity index (χ1n) is 10.1. The predicted molar refractivity (Wildman–Crippen MR) is 105 cm³/mol. The maximum absolute atomic E-state index is 14.0. The lowest BCUT2D eigenvalue weighted by Gasteiger charge is -2.31. The smallest absolute Gasteiger partial charge is 0.254 e. The SMILES string of the molecule is Cc1ccc(Cc2ccccc2C(=O)N2CC[C@@]34OCCN3C(=O)C[C@@H]24)cc1F. The molecule has 0 N–H and O–H groups in total. The molecule has 2 aromatic carbocycles. The summed E-state index contributed by atoms with van der Waals surface area (Å²) in [6.07, 6.45) is 1.45. The minimum atomic E-state index is -0.637. The van der Waals surface area contributed by atoms with Gasteiger partial charge in [-0.3, -0.25) is 9.59 Å². The van der Waals surface area contributed by atoms with Crippen molar-refractivity contribution in [3.63, 3.8) is 0 Å². The summed E-state index contributed by atoms with van der Waals surface area (Å²) in [5.41, 5.74) is 2.26. The number of carbonyl (C=O) groups excluding carboxylic acids is 2. The zero-order valence-electron chi connectivity index (χ0n) is 16.4. The predicted octanol–water partition coefficient (Wildman–Crippen LogP) is 2.90. The lowest BCUT2D eigenvalue weighted by atomic mass is 9.97. The topological polar surface area (TPSA) is 49.9 Å². The molecule has 0 aliphatic carbocycles. The summed E-state index contributed by atoms with van der Waals surface area (Å²) in [6, 6.07) is 12.4. The summed E-state index contributed by atoms with van der Waals surface area (Å²) in [5, 5.41) is 0. The van der Waals surface area contributed by atoms with E-state index >= 15 is 0 Å². The summed E-state index contributed by atoms with van der Waals surface area (Å²) in [7, 11) is 0. The van der Waals surface area contributed by atoms with Crippen molar-refractivity contribution in [2.45, 2.75) is 38.0 Å². The van der Waals surface area contributed by atoms with Gasteiger partial charge < -0.3 is 14.5 Å². The molecule has 3 aliphatic rings. The molecule has 3 aliphatic heterocycles. The van der Waals surface area contributed by atoms with Crippen molar-refractivity contribution in [1.82, 2.24) is 9.80 Å². The van der Waals surface area contributed by atoms with Crippen LogP contribution in [0.2, 0.25) is 0 Å². The molecule has 150 valence electrons. The molecular formula is C23H23FN2O3. The zero-order valence-corrected chi connectivity index (χ0v) is 16.4. The number of rotatable bonds is 3. The average molecular weight is 394 g/mol. The standard InChI is InChI=1S/C23H23FN2O3/c1-15-6-7-16(13-19(15)24)12-17-4-2-3-5-18(17)22(28)25-9-8-23-20(25)14-21(27)26(23)10-11-29-23/h2-7,13,20H,8-12,14H2,1H3/t20-,23+/m1/s1. The van der Waals surface area contributed by atoms with Gasteiger partial charge in [0.2, 0.25) is 5.91 Å². The maximum atomic E-state index is 14.0. The number of hydrogen-bond acceptors (Lipinski definition) is 3. The minimum absolute atomic E-state index is 0.0633. The van der Waals surface area contributed by atoms with Crippen LogP contribution in [0, 0.1) is 12.7 Å². The molecule has 3 heterocycles. The van der Waals surface area contributed by atoms with Crippen molar-refractivity contribution in [1.29, 1.82) is 0 Å². The number of likely N-dealkylation sites (tertiary alicyclic amines) is 1. The summed E-state index contributed by atoms with van der Waals surface area (Å²) >= 11 is 0. The molecule has 1 spiro atoms. The van der Waals surface area contributed by atoms with E-state index in [2.05, 4.69) is 0 Å². The number of halogens is 1. The number of ether oxygens (including phenoxy) is 1. The summed E-state index contributed by atoms with van der Waals surface area (Å²) in [6.45, 7) is 3.44. The Hall–Kier alpha value is -2.73. The normalized spacial score (nSPS) is 25.4. The van der Waals surface area contributed by atoms with Crippen LogP contribution < -0.4 is 0 Å². The van der Waals surface area contributed by atoms with Gasteiger partial charge >= 0.3 is 0 Å². The van der Waals surface area contributed by atoms with Crippen LogP contribution in [0.1, 0.15) is 39.9 Å². The molecule has 5 rings (SSSR count). The molecule has 2 aromatic rings. The number of carbonyl (C=O) groups is 2. The number of aryl methyl sites for hydroxylation is 1. The van der Waals surface area contributed by atoms with Crippen molar-refractivity contribution >= 4 is 11.8 Å². The second-order valence-corrected chi connectivity index (χ2v) is 8.12. The minimum Gasteiger partial charge on any atom is -0.351 e. The van der Waals surface area contributed by atoms with Gasteiger partial charge in [0.1, 0.15) is 5.82 Å². The lowest BCUT2D eigenvalue weighted by Crippen LogP contribution is -2.48. The van der Waals surface area contributed by atoms with Gasteiger partial charge in [0.25, 0.3) is 5.91 Å². The first-order valence-corrected chi connectivity index (χ1v) is 10.1. The van der Waals surface area contributed by atoms with Crippen LogP contribution in [0.5, 0.6) is 0 Å². The highest BCUT2D eigenvalue weighted by molar-refractivity contribution is 5.97. The molecule has 5 nitrogen and oxygen atoms in total. The van der Waals surface area contributed by atoms with Crippen molar-refractivity contribution in [3.05, 3.63) is 70.5 Å². The molecule has 3 fully saturated rings. The molecule has 29 heavy (non-hydrogen) atoms. The average Bonchev–Trinajstić information content (AvgIpc) is 3.36. The summed E-state index contributed by atoms with van der Waals surface area (Å²) < 4.78 is 20.0. The molecule has 0 unspecified atom stereocenters. The molecular weight excluding hydrogens is 371 g/mol. The van der Waals surface area contributed by atoms with Gasteiger partial charge in [0.05, 0.1) is 19.1 Å². The number of benzene rings is 2. The maximum Gasteiger partial charge on any atom is 0.254 e. The Kier molecular flexibility index (Phi) is 4.21. The fourth-order valence-electron chi connectivity index (χ4n) is 5.04. The third kappa shape index (κ3) is 2.77. The number of amides is 2. The van der Waals surface area contributed by atoms with Crippen molar-refractivity contribution in [2.75, 3.05) is 19.7 Å². The molecule has 0 bridgehead atoms. The van der Waals surface area contributed by atoms with E-state index in [1.807, 2.05) is 35.2 Å². The van der Waals surface area contributed by atoms with Crippen molar-refractivity contribution < 1.29 is 18.7 Å². The molecule has 3 saturated heterocycles. The number of hydrogen-bond donors (Lipinski definition) is 0. The molecule has 0 saturated carbocycles. The van der Waals surface area contributed by atoms with E-state index in [4.69, 9.17) is 4.74 Å². The lowest BCUT2D eigenvalue weighted by molar-refractivity contribution is -0.136. The molecule has 0 aromatic heterocycles. The van der Waals surface area contributed by atoms with Gasteiger partial charge in [-0.2, -0.15) is 0 Å². The number of nitrogens with zero attached hydrogens (tertiary/aromatic N) is 2. The third-order valence-corrected chi connectivity index (χ3v) is 6.54. The first kappa shape index (κ1) is 18.3. The van der Waals surface area contributed by atoms with Crippen LogP contribution in [0.3, 0.4) is 0 Å². The Labute approximate surface area is 169 Å². The van der Waals surface area contributed by atoms with Crippen LogP contribution >= 0.6 is 0 Å². The van der Waals surface area contributed by atoms with Crippen molar-refractivity contribution in [2.24, 2.45) is 0 Å². The van der Waals surface area contributed by atoms with Gasteiger partial charge in [-0.15, -0.1) is 0 Å². The second kappa shape index (κ2) is 6.66. The Morgan fingerprint density at radius 2 is 2.07 bits per heavy atom. The van der Waals surface area contributed by atoms with Gasteiger partial charge in [0, 0.05) is 25.1 Å². The molecule has 2 amide bonds. The van der Waals surface area contributed by atoms with Crippen LogP contribution in [-0.2, 0) is 16.0 Å². The highest BCUT2D eigenvalue weighted by atomic mass is 19.1. The highest BCUT2D eigenvalue weighted by Crippen LogP contribution is 2.46. The Bertz CT molecular complexity index is 1010. The zero-order chi connectivity index (χ0) is 20.2. The van der Waals surface area contributed by atoms with Gasteiger partial charge in [-0.05, 0) is 42.2 Å². The van der Waals surface area contributed by atoms with Crippen LogP contribution in [-0.4, -0.2) is 53.1 Å². The van der Waals surface area contributed by atoms with Crippen LogP contribution in [0.25, 0.3) is 0 Å². The van der Waals surface area contributed by atoms with E-state index in [0.717, 1.165) is 11.1 Å². The molecule has 2 atom stereocenters. The Morgan fingerprint density at radius 3 is 2.90 bits per heavy atom. The second-order valence-electron chi connectivity index (χ2n) is 8.12. The van der Waals surface area contributed by atoms with E-state index in [1.165, 1.54) is 6.07 Å². The fraction of sp³-hybridized carbons (Fsp3) is 0.391. The Balaban J connectivity index is 1.44. The highest BCUT2D eigenvalue weighted by Gasteiger charge is 2.62. The van der Waals surface area contributed by atoms with E-state index in [-0.39, 0.29) is 23.7 Å². The van der Waals surface area contributed by atoms with E-state index in [1.54, 1.807) is 17.9 Å². The van der Waals surface area contributed by atoms with Gasteiger partial charge in [0.15, 0.2) is 5.72 Å². The van der Waals surface area contributed by atoms with Gasteiger partial charge in [-0.25, -0.2) is 4.39 Å². The summed E-state index contributed by atoms with van der Waals surface area (Å²) in [4.78, 5) is 29.5. The molecule has 6 heteroatoms. The Morgan fingerprint density at radius 1 is 1.24 bits per heavy atom. The van der Waals surface area contributed by atoms with E-state index in [0.29, 0.717) is 50.1 Å². The van der Waals surface area contributed by atoms with Crippen molar-refractivity contribution in [3.8, 4) is 0 Å². The van der Waals surface area contributed by atoms with Crippen LogP contribution in [0.4, 0.5) is 4.39 Å². The van der Waals surface area contributed by atoms with Crippen LogP contribution in [0.15, 0.2) is 42.5 Å². The van der Waals surface area contributed by atoms with E-state index in [9.17, 15) is 14.0 Å². The molecule has 0 radical (unpaired) electrons. The largest absolute Gasteiger partial charge is 0.351 e. The summed E-state index contributed by atoms with van der Waals surface area (Å²) in [5.74, 6) is -0.260. The monoisotopic (exact) mass is 394 g/mol. The van der Waals surface area contributed by atoms with E-state index < -0.39 is 5.72 Å². The first-order chi connectivity index (χ1) is 14.0.